The Labute approximate surface area is 538 Å². The maximum absolute atomic E-state index is 6.48. The average Bonchev–Trinajstić information content (AvgIpc) is 0.862. The van der Waals surface area contributed by atoms with Gasteiger partial charge in [0.05, 0.1) is 39.6 Å². The highest BCUT2D eigenvalue weighted by Gasteiger charge is 2.30. The number of benzene rings is 6. The van der Waals surface area contributed by atoms with Crippen LogP contribution in [0.5, 0.6) is 34.5 Å². The van der Waals surface area contributed by atoms with Crippen LogP contribution in [0.25, 0.3) is 0 Å². The van der Waals surface area contributed by atoms with Gasteiger partial charge in [0, 0.05) is 127 Å². The normalized spacial score (nSPS) is 11.3. The summed E-state index contributed by atoms with van der Waals surface area (Å²) in [4.78, 5) is 12.8. The highest BCUT2D eigenvalue weighted by Crippen LogP contribution is 2.48. The minimum Gasteiger partial charge on any atom is -0.496 e. The molecule has 9 nitrogen and oxygen atoms in total. The molecule has 0 spiro atoms. The van der Waals surface area contributed by atoms with Crippen LogP contribution in [0.3, 0.4) is 0 Å². The molecule has 0 bridgehead atoms. The van der Waals surface area contributed by atoms with Crippen LogP contribution >= 0.6 is 0 Å². The molecule has 3 aromatic heterocycles. The second-order valence-corrected chi connectivity index (χ2v) is 22.2. The third-order valence-corrected chi connectivity index (χ3v) is 15.0. The van der Waals surface area contributed by atoms with Crippen molar-refractivity contribution in [2.24, 2.45) is 0 Å². The summed E-state index contributed by atoms with van der Waals surface area (Å²) < 4.78 is 38.6. The SMILES string of the molecule is CC[C@H](C)Oc1cc(C#Cc2cccnc2)cc(C#Cc2cc(C)c(OC)c(C(c3cc(C#Cc4cc(C#Cc5cccnc5)cc(O[C@@H](C)CC)c4)cc(C)c3OC)c3cc(C#Cc4cc(C#Cc5cccnc5)cc(O[C@@H](C)CC)c4)cc(C)c3OC)c2)c1. The van der Waals surface area contributed by atoms with Gasteiger partial charge in [-0.05, 0) is 205 Å². The number of aryl methyl sites for hydroxylation is 3. The van der Waals surface area contributed by atoms with Gasteiger partial charge in [0.25, 0.3) is 0 Å². The van der Waals surface area contributed by atoms with E-state index < -0.39 is 5.92 Å². The van der Waals surface area contributed by atoms with Gasteiger partial charge in [0.2, 0.25) is 0 Å². The van der Waals surface area contributed by atoms with E-state index in [0.29, 0.717) is 34.5 Å². The van der Waals surface area contributed by atoms with Gasteiger partial charge in [0.15, 0.2) is 0 Å². The van der Waals surface area contributed by atoms with E-state index >= 15 is 0 Å². The Balaban J connectivity index is 1.24. The first kappa shape index (κ1) is 64.4. The van der Waals surface area contributed by atoms with Crippen LogP contribution in [0.2, 0.25) is 0 Å². The topological polar surface area (TPSA) is 94.1 Å². The van der Waals surface area contributed by atoms with E-state index in [2.05, 4.69) is 146 Å². The fourth-order valence-electron chi connectivity index (χ4n) is 10.2. The van der Waals surface area contributed by atoms with E-state index in [1.165, 1.54) is 0 Å². The molecule has 0 unspecified atom stereocenters. The summed E-state index contributed by atoms with van der Waals surface area (Å²) in [6, 6.07) is 41.6. The summed E-state index contributed by atoms with van der Waals surface area (Å²) >= 11 is 0. The Morgan fingerprint density at radius 1 is 0.319 bits per heavy atom. The minimum atomic E-state index is -0.619. The molecule has 0 saturated heterocycles. The van der Waals surface area contributed by atoms with Crippen molar-refractivity contribution in [3.8, 4) is 106 Å². The summed E-state index contributed by atoms with van der Waals surface area (Å²) in [6.07, 6.45) is 12.9. The van der Waals surface area contributed by atoms with Crippen LogP contribution < -0.4 is 28.4 Å². The third kappa shape index (κ3) is 17.6. The minimum absolute atomic E-state index is 0.0196. The van der Waals surface area contributed by atoms with Crippen LogP contribution in [0.15, 0.2) is 165 Å². The molecular weight excluding hydrogens is 1120 g/mol. The van der Waals surface area contributed by atoms with Crippen molar-refractivity contribution in [3.63, 3.8) is 0 Å². The predicted molar refractivity (Wildman–Crippen MR) is 363 cm³/mol. The highest BCUT2D eigenvalue weighted by molar-refractivity contribution is 5.67. The van der Waals surface area contributed by atoms with Crippen LogP contribution in [0.4, 0.5) is 0 Å². The van der Waals surface area contributed by atoms with E-state index in [4.69, 9.17) is 28.4 Å². The van der Waals surface area contributed by atoms with Crippen LogP contribution in [0.1, 0.15) is 167 Å². The molecule has 0 N–H and O–H groups in total. The summed E-state index contributed by atoms with van der Waals surface area (Å²) in [5, 5.41) is 0. The van der Waals surface area contributed by atoms with Crippen molar-refractivity contribution in [1.29, 1.82) is 0 Å². The number of hydrogen-bond acceptors (Lipinski definition) is 9. The molecular formula is C82H73N3O6. The van der Waals surface area contributed by atoms with Crippen molar-refractivity contribution >= 4 is 0 Å². The third-order valence-electron chi connectivity index (χ3n) is 15.0. The van der Waals surface area contributed by atoms with Gasteiger partial charge in [-0.3, -0.25) is 15.0 Å². The van der Waals surface area contributed by atoms with Crippen LogP contribution in [-0.2, 0) is 0 Å². The summed E-state index contributed by atoms with van der Waals surface area (Å²) in [5.74, 6) is 44.2. The lowest BCUT2D eigenvalue weighted by Gasteiger charge is -2.27. The molecule has 91 heavy (non-hydrogen) atoms. The molecule has 6 aromatic carbocycles. The van der Waals surface area contributed by atoms with Gasteiger partial charge in [-0.25, -0.2) is 0 Å². The van der Waals surface area contributed by atoms with Crippen molar-refractivity contribution in [2.45, 2.75) is 106 Å². The highest BCUT2D eigenvalue weighted by atomic mass is 16.5. The van der Waals surface area contributed by atoms with E-state index in [1.807, 2.05) is 130 Å². The van der Waals surface area contributed by atoms with Gasteiger partial charge >= 0.3 is 0 Å². The van der Waals surface area contributed by atoms with E-state index in [9.17, 15) is 0 Å². The molecule has 0 fully saturated rings. The fraction of sp³-hybridized carbons (Fsp3) is 0.232. The molecule has 3 atom stereocenters. The Kier molecular flexibility index (Phi) is 22.1. The first-order valence-electron chi connectivity index (χ1n) is 30.5. The number of nitrogens with zero attached hydrogens (tertiary/aromatic N) is 3. The molecule has 452 valence electrons. The second kappa shape index (κ2) is 31.2. The largest absolute Gasteiger partial charge is 0.496 e. The monoisotopic (exact) mass is 1200 g/mol. The molecule has 3 heterocycles. The zero-order valence-electron chi connectivity index (χ0n) is 53.8. The molecule has 0 aliphatic rings. The average molecular weight is 1200 g/mol. The quantitative estimate of drug-likeness (QED) is 0.0735. The Bertz CT molecular complexity index is 4030. The Hall–Kier alpha value is -11.1. The number of aromatic nitrogens is 3. The molecule has 0 aliphatic heterocycles. The van der Waals surface area contributed by atoms with Crippen molar-refractivity contribution < 1.29 is 28.4 Å². The summed E-state index contributed by atoms with van der Waals surface area (Å²) in [6.45, 7) is 18.6. The second-order valence-electron chi connectivity index (χ2n) is 22.2. The lowest BCUT2D eigenvalue weighted by molar-refractivity contribution is 0.217. The van der Waals surface area contributed by atoms with Crippen molar-refractivity contribution in [3.05, 3.63) is 265 Å². The molecule has 9 heteroatoms. The molecule has 0 radical (unpaired) electrons. The van der Waals surface area contributed by atoms with Gasteiger partial charge < -0.3 is 28.4 Å². The maximum atomic E-state index is 6.48. The number of hydrogen-bond donors (Lipinski definition) is 0. The molecule has 0 aliphatic carbocycles. The fourth-order valence-corrected chi connectivity index (χ4v) is 10.2. The molecule has 0 saturated carbocycles. The zero-order valence-corrected chi connectivity index (χ0v) is 53.8. The molecule has 0 amide bonds. The number of methoxy groups -OCH3 is 3. The first-order valence-corrected chi connectivity index (χ1v) is 30.5. The van der Waals surface area contributed by atoms with Crippen molar-refractivity contribution in [2.75, 3.05) is 21.3 Å². The van der Waals surface area contributed by atoms with Crippen LogP contribution in [0, 0.1) is 91.8 Å². The molecule has 9 aromatic rings. The lowest BCUT2D eigenvalue weighted by Crippen LogP contribution is -2.12. The smallest absolute Gasteiger partial charge is 0.126 e. The Morgan fingerprint density at radius 2 is 0.549 bits per heavy atom. The van der Waals surface area contributed by atoms with E-state index in [1.54, 1.807) is 58.5 Å². The van der Waals surface area contributed by atoms with Gasteiger partial charge in [-0.1, -0.05) is 91.8 Å². The maximum Gasteiger partial charge on any atom is 0.126 e. The molecule has 9 rings (SSSR count). The van der Waals surface area contributed by atoms with Gasteiger partial charge in [0.1, 0.15) is 34.5 Å². The lowest BCUT2D eigenvalue weighted by atomic mass is 9.80. The number of rotatable bonds is 15. The van der Waals surface area contributed by atoms with Gasteiger partial charge in [-0.2, -0.15) is 0 Å². The van der Waals surface area contributed by atoms with E-state index in [0.717, 1.165) is 119 Å². The predicted octanol–water partition coefficient (Wildman–Crippen LogP) is 15.9. The van der Waals surface area contributed by atoms with E-state index in [-0.39, 0.29) is 18.3 Å². The standard InChI is InChI=1S/C82H73N3O6/c1-13-58(7)89-73-43-67(25-22-61-19-16-34-83-52-61)40-70(46-73)31-28-64-37-55(4)80(86-10)76(49-64)79(77-50-65(38-56(5)81(77)87-11)29-32-71-41-68(26-23-62-20-17-35-84-53-62)44-74(47-71)90-59(8)14-2)78-51-66(39-57(6)82(78)88-12)30-33-72-42-69(27-24-63-21-18-36-85-54-63)45-75(48-72)91-60(9)15-3/h16-21,34-54,58-60,79H,13-15H2,1-12H3/t58-,59-,60-/m0/s1. The summed E-state index contributed by atoms with van der Waals surface area (Å²) in [5.41, 5.74) is 14.2. The van der Waals surface area contributed by atoms with Gasteiger partial charge in [-0.15, -0.1) is 0 Å². The van der Waals surface area contributed by atoms with Crippen LogP contribution in [-0.4, -0.2) is 54.6 Å². The number of pyridine rings is 3. The Morgan fingerprint density at radius 3 is 0.758 bits per heavy atom. The number of ether oxygens (including phenoxy) is 6. The zero-order chi connectivity index (χ0) is 64.2. The first-order chi connectivity index (χ1) is 44.2. The van der Waals surface area contributed by atoms with Crippen molar-refractivity contribution in [1.82, 2.24) is 15.0 Å². The summed E-state index contributed by atoms with van der Waals surface area (Å²) in [7, 11) is 5.09.